The van der Waals surface area contributed by atoms with E-state index in [0.717, 1.165) is 11.0 Å². The second-order valence-corrected chi connectivity index (χ2v) is 6.59. The van der Waals surface area contributed by atoms with Crippen LogP contribution in [0.2, 0.25) is 0 Å². The average molecular weight is 323 g/mol. The highest BCUT2D eigenvalue weighted by atomic mass is 35.6. The summed E-state index contributed by atoms with van der Waals surface area (Å²) in [6, 6.07) is 7.01. The number of furan rings is 1. The molecule has 0 aliphatic heterocycles. The van der Waals surface area contributed by atoms with E-state index in [1.54, 1.807) is 30.5 Å². The molecule has 0 aliphatic carbocycles. The molecular formula is C13H14Cl3NO2. The van der Waals surface area contributed by atoms with Gasteiger partial charge in [-0.05, 0) is 30.3 Å². The van der Waals surface area contributed by atoms with E-state index in [4.69, 9.17) is 39.2 Å². The number of aliphatic hydroxyl groups is 1. The van der Waals surface area contributed by atoms with E-state index >= 15 is 0 Å². The van der Waals surface area contributed by atoms with Gasteiger partial charge in [-0.3, -0.25) is 0 Å². The minimum Gasteiger partial charge on any atom is -0.464 e. The van der Waals surface area contributed by atoms with E-state index in [0.29, 0.717) is 12.1 Å². The third-order valence-electron chi connectivity index (χ3n) is 3.03. The zero-order valence-corrected chi connectivity index (χ0v) is 12.6. The minimum absolute atomic E-state index is 0.142. The van der Waals surface area contributed by atoms with Crippen LogP contribution in [0.25, 0.3) is 11.0 Å². The zero-order valence-electron chi connectivity index (χ0n) is 10.3. The summed E-state index contributed by atoms with van der Waals surface area (Å²) in [6.07, 6.45) is 1.58. The number of rotatable bonds is 4. The van der Waals surface area contributed by atoms with Crippen molar-refractivity contribution in [1.82, 2.24) is 5.32 Å². The van der Waals surface area contributed by atoms with Crippen LogP contribution in [0.5, 0.6) is 0 Å². The minimum atomic E-state index is -1.84. The van der Waals surface area contributed by atoms with Crippen molar-refractivity contribution in [2.24, 2.45) is 0 Å². The first-order valence-electron chi connectivity index (χ1n) is 5.86. The molecule has 1 aromatic carbocycles. The van der Waals surface area contributed by atoms with Crippen LogP contribution < -0.4 is 5.32 Å². The van der Waals surface area contributed by atoms with Crippen molar-refractivity contribution in [3.05, 3.63) is 36.1 Å². The monoisotopic (exact) mass is 321 g/mol. The number of benzene rings is 1. The molecule has 0 radical (unpaired) electrons. The Hall–Kier alpha value is -0.450. The Kier molecular flexibility index (Phi) is 4.33. The molecule has 6 heteroatoms. The van der Waals surface area contributed by atoms with E-state index < -0.39 is 9.39 Å². The van der Waals surface area contributed by atoms with E-state index in [-0.39, 0.29) is 6.54 Å². The smallest absolute Gasteiger partial charge is 0.224 e. The van der Waals surface area contributed by atoms with Gasteiger partial charge in [0.2, 0.25) is 3.79 Å². The lowest BCUT2D eigenvalue weighted by molar-refractivity contribution is 0.0412. The summed E-state index contributed by atoms with van der Waals surface area (Å²) >= 11 is 17.9. The van der Waals surface area contributed by atoms with Gasteiger partial charge in [0, 0.05) is 11.9 Å². The number of halogens is 3. The van der Waals surface area contributed by atoms with Gasteiger partial charge in [-0.25, -0.2) is 0 Å². The fourth-order valence-electron chi connectivity index (χ4n) is 1.90. The third kappa shape index (κ3) is 2.86. The van der Waals surface area contributed by atoms with Gasteiger partial charge in [0.25, 0.3) is 0 Å². The van der Waals surface area contributed by atoms with Gasteiger partial charge >= 0.3 is 0 Å². The van der Waals surface area contributed by atoms with Gasteiger partial charge in [-0.2, -0.15) is 0 Å². The van der Waals surface area contributed by atoms with E-state index in [1.807, 2.05) is 6.92 Å². The lowest BCUT2D eigenvalue weighted by Crippen LogP contribution is -2.48. The largest absolute Gasteiger partial charge is 0.464 e. The maximum Gasteiger partial charge on any atom is 0.224 e. The maximum absolute atomic E-state index is 10.8. The van der Waals surface area contributed by atoms with Crippen molar-refractivity contribution >= 4 is 45.8 Å². The lowest BCUT2D eigenvalue weighted by atomic mass is 9.94. The molecule has 0 saturated carbocycles. The Morgan fingerprint density at radius 3 is 2.63 bits per heavy atom. The SMILES string of the molecule is CCNCC(O)(c1ccc2occc2c1)C(Cl)(Cl)Cl. The molecule has 0 saturated heterocycles. The average Bonchev–Trinajstić information content (AvgIpc) is 2.81. The number of nitrogens with one attached hydrogen (secondary N) is 1. The van der Waals surface area contributed by atoms with Crippen LogP contribution in [0.4, 0.5) is 0 Å². The van der Waals surface area contributed by atoms with E-state index in [1.165, 1.54) is 0 Å². The fourth-order valence-corrected chi connectivity index (χ4v) is 2.42. The fraction of sp³-hybridized carbons (Fsp3) is 0.385. The van der Waals surface area contributed by atoms with Crippen molar-refractivity contribution in [2.75, 3.05) is 13.1 Å². The number of likely N-dealkylation sites (N-methyl/N-ethyl adjacent to an activating group) is 1. The summed E-state index contributed by atoms with van der Waals surface area (Å²) in [4.78, 5) is 0. The van der Waals surface area contributed by atoms with E-state index in [2.05, 4.69) is 5.32 Å². The summed E-state index contributed by atoms with van der Waals surface area (Å²) in [6.45, 7) is 2.72. The van der Waals surface area contributed by atoms with Crippen LogP contribution in [-0.2, 0) is 5.60 Å². The molecular weight excluding hydrogens is 309 g/mol. The zero-order chi connectivity index (χ0) is 14.1. The molecule has 1 unspecified atom stereocenters. The Bertz CT molecular complexity index is 564. The van der Waals surface area contributed by atoms with Gasteiger partial charge in [0.05, 0.1) is 6.26 Å². The van der Waals surface area contributed by atoms with Crippen LogP contribution in [0.15, 0.2) is 34.9 Å². The number of hydrogen-bond acceptors (Lipinski definition) is 3. The van der Waals surface area contributed by atoms with Crippen LogP contribution in [0.3, 0.4) is 0 Å². The predicted molar refractivity (Wildman–Crippen MR) is 78.9 cm³/mol. The molecule has 2 rings (SSSR count). The first-order chi connectivity index (χ1) is 8.88. The molecule has 0 bridgehead atoms. The summed E-state index contributed by atoms with van der Waals surface area (Å²) in [5, 5.41) is 14.6. The second-order valence-electron chi connectivity index (χ2n) is 4.31. The van der Waals surface area contributed by atoms with Crippen LogP contribution >= 0.6 is 34.8 Å². The topological polar surface area (TPSA) is 45.4 Å². The summed E-state index contributed by atoms with van der Waals surface area (Å²) < 4.78 is 3.42. The molecule has 0 fully saturated rings. The molecule has 0 aliphatic rings. The van der Waals surface area contributed by atoms with Crippen LogP contribution in [-0.4, -0.2) is 22.0 Å². The predicted octanol–water partition coefficient (Wildman–Crippen LogP) is 3.60. The number of fused-ring (bicyclic) bond motifs is 1. The summed E-state index contributed by atoms with van der Waals surface area (Å²) in [5.41, 5.74) is -0.361. The maximum atomic E-state index is 10.8. The van der Waals surface area contributed by atoms with Crippen molar-refractivity contribution in [3.8, 4) is 0 Å². The Morgan fingerprint density at radius 2 is 2.00 bits per heavy atom. The Labute approximate surface area is 126 Å². The van der Waals surface area contributed by atoms with Crippen molar-refractivity contribution in [3.63, 3.8) is 0 Å². The van der Waals surface area contributed by atoms with Crippen molar-refractivity contribution in [2.45, 2.75) is 16.3 Å². The molecule has 3 nitrogen and oxygen atoms in total. The van der Waals surface area contributed by atoms with Crippen molar-refractivity contribution in [1.29, 1.82) is 0 Å². The summed E-state index contributed by atoms with van der Waals surface area (Å²) in [7, 11) is 0. The van der Waals surface area contributed by atoms with Gasteiger partial charge < -0.3 is 14.8 Å². The van der Waals surface area contributed by atoms with Gasteiger partial charge in [0.15, 0.2) is 0 Å². The van der Waals surface area contributed by atoms with Crippen LogP contribution in [0, 0.1) is 0 Å². The quantitative estimate of drug-likeness (QED) is 0.845. The first-order valence-corrected chi connectivity index (χ1v) is 6.99. The lowest BCUT2D eigenvalue weighted by Gasteiger charge is -2.35. The molecule has 19 heavy (non-hydrogen) atoms. The van der Waals surface area contributed by atoms with Gasteiger partial charge in [-0.15, -0.1) is 0 Å². The van der Waals surface area contributed by atoms with Crippen molar-refractivity contribution < 1.29 is 9.52 Å². The highest BCUT2D eigenvalue weighted by Gasteiger charge is 2.48. The standard InChI is InChI=1S/C13H14Cl3NO2/c1-2-17-8-12(18,13(14,15)16)10-3-4-11-9(7-10)5-6-19-11/h3-7,17-18H,2,8H2,1H3. The van der Waals surface area contributed by atoms with Gasteiger partial charge in [-0.1, -0.05) is 47.8 Å². The molecule has 1 heterocycles. The summed E-state index contributed by atoms with van der Waals surface area (Å²) in [5.74, 6) is 0. The Morgan fingerprint density at radius 1 is 1.26 bits per heavy atom. The van der Waals surface area contributed by atoms with E-state index in [9.17, 15) is 5.11 Å². The molecule has 2 N–H and O–H groups in total. The van der Waals surface area contributed by atoms with Gasteiger partial charge in [0.1, 0.15) is 11.2 Å². The third-order valence-corrected chi connectivity index (χ3v) is 3.97. The Balaban J connectivity index is 2.47. The molecule has 0 amide bonds. The normalized spacial score (nSPS) is 15.6. The number of hydrogen-bond donors (Lipinski definition) is 2. The van der Waals surface area contributed by atoms with Crippen LogP contribution in [0.1, 0.15) is 12.5 Å². The second kappa shape index (κ2) is 5.51. The molecule has 1 atom stereocenters. The molecule has 2 aromatic rings. The molecule has 1 aromatic heterocycles. The molecule has 104 valence electrons. The highest BCUT2D eigenvalue weighted by molar-refractivity contribution is 6.68. The number of alkyl halides is 3. The molecule has 0 spiro atoms. The first kappa shape index (κ1) is 14.9. The highest BCUT2D eigenvalue weighted by Crippen LogP contribution is 2.45.